The fraction of sp³-hybridized carbons (Fsp3) is 0.316. The van der Waals surface area contributed by atoms with Crippen LogP contribution in [0.1, 0.15) is 37.9 Å². The van der Waals surface area contributed by atoms with Gasteiger partial charge in [-0.15, -0.1) is 0 Å². The van der Waals surface area contributed by atoms with Crippen molar-refractivity contribution in [2.45, 2.75) is 39.8 Å². The molecule has 1 aromatic rings. The molecule has 2 heterocycles. The molecule has 0 spiro atoms. The Bertz CT molecular complexity index is 959. The minimum absolute atomic E-state index is 0.260. The van der Waals surface area contributed by atoms with E-state index in [0.29, 0.717) is 27.2 Å². The minimum Gasteiger partial charge on any atom is -0.459 e. The van der Waals surface area contributed by atoms with E-state index in [4.69, 9.17) is 10.5 Å². The number of hydrogen-bond donors (Lipinski definition) is 1. The second kappa shape index (κ2) is 7.41. The normalized spacial score (nSPS) is 19.2. The van der Waals surface area contributed by atoms with E-state index >= 15 is 0 Å². The van der Waals surface area contributed by atoms with E-state index in [1.54, 1.807) is 25.7 Å². The number of esters is 1. The Morgan fingerprint density at radius 1 is 1.44 bits per heavy atom. The summed E-state index contributed by atoms with van der Waals surface area (Å²) in [4.78, 5) is 19.5. The number of nitrogens with two attached hydrogens (primary N) is 1. The van der Waals surface area contributed by atoms with E-state index in [0.717, 1.165) is 15.6 Å². The van der Waals surface area contributed by atoms with Crippen molar-refractivity contribution in [1.29, 1.82) is 5.26 Å². The number of aliphatic imine (C=N–C) groups is 1. The number of aryl methyl sites for hydroxylation is 1. The second-order valence-electron chi connectivity index (χ2n) is 6.56. The smallest absolute Gasteiger partial charge is 0.338 e. The number of benzene rings is 1. The Balaban J connectivity index is 2.19. The molecular weight excluding hydrogens is 428 g/mol. The molecule has 140 valence electrons. The molecule has 27 heavy (non-hydrogen) atoms. The van der Waals surface area contributed by atoms with Crippen LogP contribution in [0.3, 0.4) is 0 Å². The molecule has 8 heteroatoms. The molecule has 0 amide bonds. The van der Waals surface area contributed by atoms with Crippen molar-refractivity contribution < 1.29 is 9.53 Å². The van der Waals surface area contributed by atoms with Crippen LogP contribution < -0.4 is 5.73 Å². The van der Waals surface area contributed by atoms with Crippen LogP contribution in [0.5, 0.6) is 0 Å². The number of nitriles is 1. The summed E-state index contributed by atoms with van der Waals surface area (Å²) in [7, 11) is 0. The number of fused-ring (bicyclic) bond motifs is 1. The number of carbonyl (C=O) groups is 1. The van der Waals surface area contributed by atoms with Gasteiger partial charge in [0, 0.05) is 4.47 Å². The molecule has 0 saturated heterocycles. The number of allylic oxidation sites excluding steroid dienone is 2. The summed E-state index contributed by atoms with van der Waals surface area (Å²) >= 11 is 4.77. The number of rotatable bonds is 3. The van der Waals surface area contributed by atoms with Gasteiger partial charge in [0.05, 0.1) is 23.4 Å². The van der Waals surface area contributed by atoms with E-state index < -0.39 is 12.0 Å². The average molecular weight is 447 g/mol. The highest BCUT2D eigenvalue weighted by atomic mass is 79.9. The third kappa shape index (κ3) is 3.49. The van der Waals surface area contributed by atoms with Crippen LogP contribution in [0, 0.1) is 18.3 Å². The van der Waals surface area contributed by atoms with Crippen LogP contribution in [-0.2, 0) is 9.53 Å². The van der Waals surface area contributed by atoms with Crippen molar-refractivity contribution >= 4 is 38.8 Å². The van der Waals surface area contributed by atoms with Gasteiger partial charge in [0.25, 0.3) is 0 Å². The molecule has 0 bridgehead atoms. The van der Waals surface area contributed by atoms with Crippen LogP contribution in [0.4, 0.5) is 0 Å². The highest BCUT2D eigenvalue weighted by molar-refractivity contribution is 9.10. The maximum atomic E-state index is 12.9. The summed E-state index contributed by atoms with van der Waals surface area (Å²) in [6.45, 7) is 7.37. The van der Waals surface area contributed by atoms with Crippen LogP contribution in [0.15, 0.2) is 49.7 Å². The molecule has 0 aliphatic carbocycles. The maximum absolute atomic E-state index is 12.9. The highest BCUT2D eigenvalue weighted by Gasteiger charge is 2.42. The monoisotopic (exact) mass is 446 g/mol. The average Bonchev–Trinajstić information content (AvgIpc) is 2.91. The lowest BCUT2D eigenvalue weighted by molar-refractivity contribution is -0.143. The van der Waals surface area contributed by atoms with Gasteiger partial charge in [0.2, 0.25) is 0 Å². The lowest BCUT2D eigenvalue weighted by Gasteiger charge is -2.35. The largest absolute Gasteiger partial charge is 0.459 e. The Morgan fingerprint density at radius 3 is 2.74 bits per heavy atom. The number of nitrogens with zero attached hydrogens (tertiary/aromatic N) is 3. The highest BCUT2D eigenvalue weighted by Crippen LogP contribution is 2.45. The summed E-state index contributed by atoms with van der Waals surface area (Å²) < 4.78 is 6.39. The predicted octanol–water partition coefficient (Wildman–Crippen LogP) is 4.09. The summed E-state index contributed by atoms with van der Waals surface area (Å²) in [6, 6.07) is 7.47. The predicted molar refractivity (Wildman–Crippen MR) is 109 cm³/mol. The first-order chi connectivity index (χ1) is 12.7. The number of hydrogen-bond acceptors (Lipinski definition) is 7. The molecule has 0 saturated carbocycles. The van der Waals surface area contributed by atoms with Crippen molar-refractivity contribution in [3.63, 3.8) is 0 Å². The lowest BCUT2D eigenvalue weighted by atomic mass is 9.94. The maximum Gasteiger partial charge on any atom is 0.338 e. The molecule has 6 nitrogen and oxygen atoms in total. The Kier molecular flexibility index (Phi) is 5.36. The number of carbonyl (C=O) groups excluding carboxylic acids is 1. The minimum atomic E-state index is -0.515. The zero-order chi connectivity index (χ0) is 19.9. The molecule has 3 rings (SSSR count). The zero-order valence-electron chi connectivity index (χ0n) is 15.4. The van der Waals surface area contributed by atoms with Gasteiger partial charge in [-0.1, -0.05) is 28.1 Å². The van der Waals surface area contributed by atoms with E-state index in [2.05, 4.69) is 27.0 Å². The molecule has 0 radical (unpaired) electrons. The van der Waals surface area contributed by atoms with Gasteiger partial charge in [-0.05, 0) is 56.7 Å². The molecule has 0 fully saturated rings. The summed E-state index contributed by atoms with van der Waals surface area (Å²) in [5.41, 5.74) is 9.16. The van der Waals surface area contributed by atoms with Crippen molar-refractivity contribution in [2.24, 2.45) is 10.7 Å². The molecule has 1 atom stereocenters. The lowest BCUT2D eigenvalue weighted by Crippen LogP contribution is -2.39. The van der Waals surface area contributed by atoms with Gasteiger partial charge in [0.1, 0.15) is 16.8 Å². The van der Waals surface area contributed by atoms with Crippen LogP contribution >= 0.6 is 27.7 Å². The van der Waals surface area contributed by atoms with Gasteiger partial charge in [0.15, 0.2) is 5.17 Å². The fourth-order valence-corrected chi connectivity index (χ4v) is 4.29. The van der Waals surface area contributed by atoms with Crippen LogP contribution in [0.25, 0.3) is 0 Å². The molecule has 0 unspecified atom stereocenters. The summed E-state index contributed by atoms with van der Waals surface area (Å²) in [6.07, 6.45) is -0.260. The van der Waals surface area contributed by atoms with Gasteiger partial charge in [-0.25, -0.2) is 9.79 Å². The van der Waals surface area contributed by atoms with Crippen LogP contribution in [0.2, 0.25) is 0 Å². The van der Waals surface area contributed by atoms with Crippen molar-refractivity contribution in [3.8, 4) is 6.07 Å². The van der Waals surface area contributed by atoms with Crippen molar-refractivity contribution in [2.75, 3.05) is 0 Å². The van der Waals surface area contributed by atoms with Gasteiger partial charge < -0.3 is 10.5 Å². The third-order valence-electron chi connectivity index (χ3n) is 4.25. The molecule has 0 aromatic heterocycles. The third-order valence-corrected chi connectivity index (χ3v) is 6.08. The SMILES string of the molecule is CC1=C(C(=O)OC(C)C)[C@H](c2ccc(C)c(Br)c2)N2C(=N1)SC(C#N)=C2N. The summed E-state index contributed by atoms with van der Waals surface area (Å²) in [5.74, 6) is -0.138. The van der Waals surface area contributed by atoms with Gasteiger partial charge >= 0.3 is 5.97 Å². The zero-order valence-corrected chi connectivity index (χ0v) is 17.8. The number of halogens is 1. The van der Waals surface area contributed by atoms with Crippen molar-refractivity contribution in [1.82, 2.24) is 4.90 Å². The fourth-order valence-electron chi connectivity index (χ4n) is 2.97. The molecule has 2 aliphatic rings. The summed E-state index contributed by atoms with van der Waals surface area (Å²) in [5, 5.41) is 9.96. The van der Waals surface area contributed by atoms with Crippen molar-refractivity contribution in [3.05, 3.63) is 55.8 Å². The topological polar surface area (TPSA) is 91.7 Å². The van der Waals surface area contributed by atoms with E-state index in [9.17, 15) is 10.1 Å². The standard InChI is InChI=1S/C19H19BrN4O2S/c1-9(2)26-18(25)15-11(4)23-19-24(17(22)14(8-21)27-19)16(15)12-6-5-10(3)13(20)7-12/h5-7,9,16H,22H2,1-4H3/t16-/m0/s1. The van der Waals surface area contributed by atoms with Crippen LogP contribution in [-0.4, -0.2) is 22.1 Å². The molecule has 2 aliphatic heterocycles. The Labute approximate surface area is 170 Å². The first-order valence-electron chi connectivity index (χ1n) is 8.38. The first-order valence-corrected chi connectivity index (χ1v) is 9.99. The molecular formula is C19H19BrN4O2S. The molecule has 1 aromatic carbocycles. The number of ether oxygens (including phenoxy) is 1. The Morgan fingerprint density at radius 2 is 2.15 bits per heavy atom. The number of amidine groups is 1. The first kappa shape index (κ1) is 19.5. The number of thioether (sulfide) groups is 1. The second-order valence-corrected chi connectivity index (χ2v) is 8.39. The van der Waals surface area contributed by atoms with E-state index in [-0.39, 0.29) is 6.10 Å². The molecule has 2 N–H and O–H groups in total. The Hall–Kier alpha value is -2.24. The van der Waals surface area contributed by atoms with Gasteiger partial charge in [-0.2, -0.15) is 5.26 Å². The van der Waals surface area contributed by atoms with Gasteiger partial charge in [-0.3, -0.25) is 4.90 Å². The quantitative estimate of drug-likeness (QED) is 0.702. The van der Waals surface area contributed by atoms with E-state index in [1.807, 2.05) is 25.1 Å². The van der Waals surface area contributed by atoms with E-state index in [1.165, 1.54) is 11.8 Å².